The van der Waals surface area contributed by atoms with Crippen molar-refractivity contribution in [2.24, 2.45) is 0 Å². The molecule has 3 heterocycles. The first kappa shape index (κ1) is 23.5. The van der Waals surface area contributed by atoms with Gasteiger partial charge in [-0.2, -0.15) is 0 Å². The van der Waals surface area contributed by atoms with Crippen molar-refractivity contribution in [3.63, 3.8) is 0 Å². The summed E-state index contributed by atoms with van der Waals surface area (Å²) in [5, 5.41) is 7.28. The van der Waals surface area contributed by atoms with E-state index in [0.29, 0.717) is 22.5 Å². The summed E-state index contributed by atoms with van der Waals surface area (Å²) in [6.07, 6.45) is 2.40. The van der Waals surface area contributed by atoms with Gasteiger partial charge in [-0.25, -0.2) is 9.78 Å². The lowest BCUT2D eigenvalue weighted by Crippen LogP contribution is -2.22. The molecule has 1 fully saturated rings. The second-order valence-corrected chi connectivity index (χ2v) is 9.19. The third-order valence-electron chi connectivity index (χ3n) is 6.47. The van der Waals surface area contributed by atoms with Gasteiger partial charge in [0, 0.05) is 30.0 Å². The van der Waals surface area contributed by atoms with Gasteiger partial charge >= 0.3 is 5.97 Å². The summed E-state index contributed by atoms with van der Waals surface area (Å²) < 4.78 is 10.7. The molecule has 0 saturated carbocycles. The largest absolute Gasteiger partial charge is 0.452 e. The Morgan fingerprint density at radius 2 is 1.78 bits per heavy atom. The highest BCUT2D eigenvalue weighted by atomic mass is 16.5. The highest BCUT2D eigenvalue weighted by Gasteiger charge is 2.21. The summed E-state index contributed by atoms with van der Waals surface area (Å²) in [5.74, 6) is -1.05. The van der Waals surface area contributed by atoms with Crippen LogP contribution < -0.4 is 10.2 Å². The van der Waals surface area contributed by atoms with Crippen LogP contribution in [0, 0.1) is 20.8 Å². The van der Waals surface area contributed by atoms with E-state index in [0.717, 1.165) is 35.5 Å². The zero-order chi connectivity index (χ0) is 25.2. The third kappa shape index (κ3) is 4.79. The molecule has 2 aromatic carbocycles. The van der Waals surface area contributed by atoms with Gasteiger partial charge < -0.3 is 19.5 Å². The van der Waals surface area contributed by atoms with Crippen molar-refractivity contribution in [2.45, 2.75) is 33.6 Å². The standard InChI is InChI=1S/C28H28N4O4/c1-17-6-8-20(9-7-17)24-15-22(26-19(3)31-36-27(26)30-24)28(34)35-16-25(33)29-23-11-10-21(14-18(23)2)32-12-4-5-13-32/h6-11,14-15H,4-5,12-13,16H2,1-3H3,(H,29,33). The predicted molar refractivity (Wildman–Crippen MR) is 138 cm³/mol. The first-order chi connectivity index (χ1) is 17.4. The second-order valence-electron chi connectivity index (χ2n) is 9.19. The number of fused-ring (bicyclic) bond motifs is 1. The lowest BCUT2D eigenvalue weighted by atomic mass is 10.0. The summed E-state index contributed by atoms with van der Waals surface area (Å²) in [6.45, 7) is 7.38. The second kappa shape index (κ2) is 9.81. The van der Waals surface area contributed by atoms with E-state index in [4.69, 9.17) is 9.26 Å². The summed E-state index contributed by atoms with van der Waals surface area (Å²) >= 11 is 0. The number of hydrogen-bond donors (Lipinski definition) is 1. The van der Waals surface area contributed by atoms with Crippen LogP contribution in [0.1, 0.15) is 40.0 Å². The smallest absolute Gasteiger partial charge is 0.339 e. The third-order valence-corrected chi connectivity index (χ3v) is 6.47. The van der Waals surface area contributed by atoms with Gasteiger partial charge in [0.05, 0.1) is 22.3 Å². The van der Waals surface area contributed by atoms with E-state index >= 15 is 0 Å². The van der Waals surface area contributed by atoms with E-state index in [-0.39, 0.29) is 11.3 Å². The van der Waals surface area contributed by atoms with E-state index in [9.17, 15) is 9.59 Å². The average molecular weight is 485 g/mol. The maximum absolute atomic E-state index is 13.1. The Balaban J connectivity index is 1.30. The molecular formula is C28H28N4O4. The number of esters is 1. The molecule has 0 aliphatic carbocycles. The molecule has 1 N–H and O–H groups in total. The zero-order valence-corrected chi connectivity index (χ0v) is 20.6. The predicted octanol–water partition coefficient (Wildman–Crippen LogP) is 5.21. The number of aryl methyl sites for hydroxylation is 3. The Morgan fingerprint density at radius 1 is 1.03 bits per heavy atom. The first-order valence-electron chi connectivity index (χ1n) is 12.1. The maximum atomic E-state index is 13.1. The highest BCUT2D eigenvalue weighted by Crippen LogP contribution is 2.28. The van der Waals surface area contributed by atoms with Crippen molar-refractivity contribution in [3.05, 3.63) is 70.9 Å². The van der Waals surface area contributed by atoms with Crippen LogP contribution in [0.5, 0.6) is 0 Å². The number of hydrogen-bond acceptors (Lipinski definition) is 7. The molecule has 0 spiro atoms. The highest BCUT2D eigenvalue weighted by molar-refractivity contribution is 6.05. The van der Waals surface area contributed by atoms with Crippen LogP contribution in [0.2, 0.25) is 0 Å². The van der Waals surface area contributed by atoms with Crippen LogP contribution in [0.3, 0.4) is 0 Å². The fourth-order valence-electron chi connectivity index (χ4n) is 4.48. The molecule has 36 heavy (non-hydrogen) atoms. The number of nitrogens with zero attached hydrogens (tertiary/aromatic N) is 3. The van der Waals surface area contributed by atoms with Crippen molar-refractivity contribution in [1.29, 1.82) is 0 Å². The zero-order valence-electron chi connectivity index (χ0n) is 20.6. The lowest BCUT2D eigenvalue weighted by molar-refractivity contribution is -0.119. The number of ether oxygens (including phenoxy) is 1. The molecule has 184 valence electrons. The molecule has 0 bridgehead atoms. The molecule has 5 rings (SSSR count). The van der Waals surface area contributed by atoms with E-state index in [1.807, 2.05) is 50.2 Å². The Morgan fingerprint density at radius 3 is 2.50 bits per heavy atom. The molecule has 1 amide bonds. The van der Waals surface area contributed by atoms with Crippen molar-refractivity contribution < 1.29 is 18.8 Å². The van der Waals surface area contributed by atoms with E-state index in [2.05, 4.69) is 26.4 Å². The molecule has 1 aliphatic heterocycles. The molecule has 1 saturated heterocycles. The van der Waals surface area contributed by atoms with Gasteiger partial charge in [0.25, 0.3) is 11.6 Å². The van der Waals surface area contributed by atoms with Crippen LogP contribution >= 0.6 is 0 Å². The van der Waals surface area contributed by atoms with Crippen LogP contribution in [-0.4, -0.2) is 41.7 Å². The van der Waals surface area contributed by atoms with E-state index < -0.39 is 18.5 Å². The van der Waals surface area contributed by atoms with Gasteiger partial charge in [-0.15, -0.1) is 0 Å². The number of carbonyl (C=O) groups excluding carboxylic acids is 2. The first-order valence-corrected chi connectivity index (χ1v) is 12.1. The number of aromatic nitrogens is 2. The molecule has 8 heteroatoms. The molecule has 8 nitrogen and oxygen atoms in total. The number of rotatable bonds is 6. The van der Waals surface area contributed by atoms with Crippen molar-refractivity contribution in [2.75, 3.05) is 29.9 Å². The molecular weight excluding hydrogens is 456 g/mol. The summed E-state index contributed by atoms with van der Waals surface area (Å²) in [5.41, 5.74) is 6.34. The number of anilines is 2. The van der Waals surface area contributed by atoms with Crippen molar-refractivity contribution in [3.8, 4) is 11.3 Å². The summed E-state index contributed by atoms with van der Waals surface area (Å²) in [4.78, 5) is 32.5. The van der Waals surface area contributed by atoms with Crippen LogP contribution in [0.4, 0.5) is 11.4 Å². The number of carbonyl (C=O) groups is 2. The summed E-state index contributed by atoms with van der Waals surface area (Å²) in [6, 6.07) is 15.4. The average Bonchev–Trinajstić information content (AvgIpc) is 3.54. The van der Waals surface area contributed by atoms with Gasteiger partial charge in [-0.1, -0.05) is 35.0 Å². The van der Waals surface area contributed by atoms with Gasteiger partial charge in [0.1, 0.15) is 0 Å². The Bertz CT molecular complexity index is 1440. The number of amides is 1. The number of nitrogens with one attached hydrogen (secondary N) is 1. The van der Waals surface area contributed by atoms with E-state index in [1.165, 1.54) is 12.8 Å². The number of pyridine rings is 1. The van der Waals surface area contributed by atoms with Gasteiger partial charge in [-0.05, 0) is 63.4 Å². The van der Waals surface area contributed by atoms with Crippen LogP contribution in [0.15, 0.2) is 53.1 Å². The van der Waals surface area contributed by atoms with E-state index in [1.54, 1.807) is 13.0 Å². The van der Waals surface area contributed by atoms with Crippen LogP contribution in [-0.2, 0) is 9.53 Å². The molecule has 1 aliphatic rings. The Labute approximate surface area is 209 Å². The summed E-state index contributed by atoms with van der Waals surface area (Å²) in [7, 11) is 0. The minimum absolute atomic E-state index is 0.246. The number of benzene rings is 2. The monoisotopic (exact) mass is 484 g/mol. The molecule has 0 unspecified atom stereocenters. The van der Waals surface area contributed by atoms with Gasteiger partial charge in [0.2, 0.25) is 0 Å². The Hall–Kier alpha value is -4.20. The fraction of sp³-hybridized carbons (Fsp3) is 0.286. The molecule has 2 aromatic heterocycles. The van der Waals surface area contributed by atoms with Gasteiger partial charge in [-0.3, -0.25) is 4.79 Å². The quantitative estimate of drug-likeness (QED) is 0.375. The van der Waals surface area contributed by atoms with Gasteiger partial charge in [0.15, 0.2) is 6.61 Å². The van der Waals surface area contributed by atoms with Crippen molar-refractivity contribution >= 4 is 34.4 Å². The molecule has 4 aromatic rings. The minimum Gasteiger partial charge on any atom is -0.452 e. The lowest BCUT2D eigenvalue weighted by Gasteiger charge is -2.19. The maximum Gasteiger partial charge on any atom is 0.339 e. The fourth-order valence-corrected chi connectivity index (χ4v) is 4.48. The minimum atomic E-state index is -0.640. The van der Waals surface area contributed by atoms with Crippen LogP contribution in [0.25, 0.3) is 22.4 Å². The normalized spacial score (nSPS) is 13.2. The Kier molecular flexibility index (Phi) is 6.41. The van der Waals surface area contributed by atoms with Crippen molar-refractivity contribution in [1.82, 2.24) is 10.1 Å². The topological polar surface area (TPSA) is 97.6 Å². The molecule has 0 atom stereocenters. The SMILES string of the molecule is Cc1ccc(-c2cc(C(=O)OCC(=O)Nc3ccc(N4CCCC4)cc3C)c3c(C)noc3n2)cc1. The molecule has 0 radical (unpaired) electrons.